The molecule has 0 N–H and O–H groups in total. The van der Waals surface area contributed by atoms with Gasteiger partial charge in [-0.25, -0.2) is 4.98 Å². The van der Waals surface area contributed by atoms with E-state index in [1.54, 1.807) is 13.3 Å². The highest BCUT2D eigenvalue weighted by molar-refractivity contribution is 6.35. The molecule has 2 heterocycles. The second kappa shape index (κ2) is 3.64. The predicted octanol–water partition coefficient (Wildman–Crippen LogP) is 3.39. The van der Waals surface area contributed by atoms with E-state index in [1.165, 1.54) is 0 Å². The van der Waals surface area contributed by atoms with Gasteiger partial charge in [-0.05, 0) is 24.3 Å². The average molecular weight is 247 g/mol. The number of pyridine rings is 1. The monoisotopic (exact) mass is 246 g/mol. The topological polar surface area (TPSA) is 27.1 Å². The normalized spacial score (nSPS) is 11.2. The lowest BCUT2D eigenvalue weighted by molar-refractivity contribution is 0.415. The Balaban J connectivity index is 2.55. The fourth-order valence-corrected chi connectivity index (χ4v) is 2.52. The first-order valence-corrected chi connectivity index (χ1v) is 5.67. The molecule has 0 fully saturated rings. The molecule has 3 rings (SSSR count). The number of fused-ring (bicyclic) bond motifs is 3. The number of halogens is 1. The van der Waals surface area contributed by atoms with Crippen molar-refractivity contribution in [3.63, 3.8) is 0 Å². The van der Waals surface area contributed by atoms with Crippen LogP contribution in [0.3, 0.4) is 0 Å². The van der Waals surface area contributed by atoms with Gasteiger partial charge in [0.25, 0.3) is 0 Å². The number of methoxy groups -OCH3 is 1. The Kier molecular flexibility index (Phi) is 2.23. The summed E-state index contributed by atoms with van der Waals surface area (Å²) in [5.41, 5.74) is 2.08. The largest absolute Gasteiger partial charge is 0.497 e. The molecule has 4 heteroatoms. The molecule has 0 spiro atoms. The Hall–Kier alpha value is -1.74. The molecule has 0 saturated heterocycles. The predicted molar refractivity (Wildman–Crippen MR) is 69.8 cm³/mol. The molecule has 1 aromatic carbocycles. The summed E-state index contributed by atoms with van der Waals surface area (Å²) in [6.07, 6.45) is 1.73. The number of aromatic nitrogens is 2. The number of benzene rings is 1. The maximum atomic E-state index is 6.14. The highest BCUT2D eigenvalue weighted by Crippen LogP contribution is 2.33. The van der Waals surface area contributed by atoms with Crippen molar-refractivity contribution in [2.24, 2.45) is 7.05 Å². The van der Waals surface area contributed by atoms with E-state index in [-0.39, 0.29) is 0 Å². The van der Waals surface area contributed by atoms with E-state index in [1.807, 2.05) is 31.3 Å². The molecule has 3 aromatic rings. The number of ether oxygens (including phenoxy) is 1. The van der Waals surface area contributed by atoms with Crippen molar-refractivity contribution in [2.45, 2.75) is 0 Å². The van der Waals surface area contributed by atoms with Crippen molar-refractivity contribution in [3.05, 3.63) is 35.6 Å². The summed E-state index contributed by atoms with van der Waals surface area (Å²) in [6.45, 7) is 0. The first-order chi connectivity index (χ1) is 8.22. The van der Waals surface area contributed by atoms with E-state index in [0.29, 0.717) is 5.15 Å². The van der Waals surface area contributed by atoms with Crippen LogP contribution in [0, 0.1) is 0 Å². The number of rotatable bonds is 1. The Bertz CT molecular complexity index is 718. The molecule has 2 aromatic heterocycles. The van der Waals surface area contributed by atoms with Gasteiger partial charge >= 0.3 is 0 Å². The van der Waals surface area contributed by atoms with Crippen LogP contribution in [0.1, 0.15) is 0 Å². The molecule has 3 nitrogen and oxygen atoms in total. The van der Waals surface area contributed by atoms with Gasteiger partial charge in [-0.3, -0.25) is 0 Å². The summed E-state index contributed by atoms with van der Waals surface area (Å²) >= 11 is 6.14. The number of hydrogen-bond donors (Lipinski definition) is 0. The van der Waals surface area contributed by atoms with Gasteiger partial charge in [0.05, 0.1) is 12.6 Å². The molecule has 86 valence electrons. The van der Waals surface area contributed by atoms with Crippen LogP contribution < -0.4 is 4.74 Å². The van der Waals surface area contributed by atoms with Gasteiger partial charge in [0.1, 0.15) is 5.75 Å². The molecule has 17 heavy (non-hydrogen) atoms. The summed E-state index contributed by atoms with van der Waals surface area (Å²) < 4.78 is 7.31. The van der Waals surface area contributed by atoms with Gasteiger partial charge in [-0.2, -0.15) is 0 Å². The summed E-state index contributed by atoms with van der Waals surface area (Å²) in [6, 6.07) is 7.98. The Morgan fingerprint density at radius 2 is 2.06 bits per heavy atom. The smallest absolute Gasteiger partial charge is 0.153 e. The van der Waals surface area contributed by atoms with Gasteiger partial charge in [-0.15, -0.1) is 0 Å². The van der Waals surface area contributed by atoms with Crippen molar-refractivity contribution in [1.29, 1.82) is 0 Å². The minimum Gasteiger partial charge on any atom is -0.497 e. The van der Waals surface area contributed by atoms with Crippen LogP contribution in [-0.4, -0.2) is 16.7 Å². The van der Waals surface area contributed by atoms with E-state index < -0.39 is 0 Å². The molecule has 0 radical (unpaired) electrons. The van der Waals surface area contributed by atoms with Crippen molar-refractivity contribution in [1.82, 2.24) is 9.55 Å². The third kappa shape index (κ3) is 1.39. The van der Waals surface area contributed by atoms with Gasteiger partial charge in [0.2, 0.25) is 0 Å². The molecule has 0 aliphatic heterocycles. The number of hydrogen-bond acceptors (Lipinski definition) is 2. The van der Waals surface area contributed by atoms with Gasteiger partial charge in [0.15, 0.2) is 5.15 Å². The fraction of sp³-hybridized carbons (Fsp3) is 0.154. The summed E-state index contributed by atoms with van der Waals surface area (Å²) in [7, 11) is 3.66. The van der Waals surface area contributed by atoms with Crippen LogP contribution in [0.25, 0.3) is 21.8 Å². The number of nitrogens with zero attached hydrogens (tertiary/aromatic N) is 2. The first kappa shape index (κ1) is 10.4. The second-order valence-electron chi connectivity index (χ2n) is 3.94. The summed E-state index contributed by atoms with van der Waals surface area (Å²) in [4.78, 5) is 4.12. The molecule has 0 saturated carbocycles. The van der Waals surface area contributed by atoms with Gasteiger partial charge < -0.3 is 9.30 Å². The third-order valence-electron chi connectivity index (χ3n) is 3.07. The zero-order valence-corrected chi connectivity index (χ0v) is 10.3. The summed E-state index contributed by atoms with van der Waals surface area (Å²) in [5.74, 6) is 0.845. The molecule has 0 aliphatic carbocycles. The van der Waals surface area contributed by atoms with Crippen molar-refractivity contribution < 1.29 is 4.74 Å². The maximum Gasteiger partial charge on any atom is 0.153 e. The molecule has 0 aliphatic rings. The maximum absolute atomic E-state index is 6.14. The van der Waals surface area contributed by atoms with Crippen LogP contribution in [0.4, 0.5) is 0 Å². The van der Waals surface area contributed by atoms with Crippen LogP contribution in [0.2, 0.25) is 5.15 Å². The van der Waals surface area contributed by atoms with E-state index in [9.17, 15) is 0 Å². The van der Waals surface area contributed by atoms with Crippen LogP contribution in [0.15, 0.2) is 30.5 Å². The number of aryl methyl sites for hydroxylation is 1. The lowest BCUT2D eigenvalue weighted by Crippen LogP contribution is -1.88. The SMILES string of the molecule is COc1ccc2c(c1)c1ccnc(Cl)c1n2C. The molecular weight excluding hydrogens is 236 g/mol. The highest BCUT2D eigenvalue weighted by atomic mass is 35.5. The Labute approximate surface area is 104 Å². The lowest BCUT2D eigenvalue weighted by atomic mass is 10.2. The highest BCUT2D eigenvalue weighted by Gasteiger charge is 2.11. The Morgan fingerprint density at radius 1 is 1.24 bits per heavy atom. The second-order valence-corrected chi connectivity index (χ2v) is 4.30. The first-order valence-electron chi connectivity index (χ1n) is 5.29. The minimum absolute atomic E-state index is 0.528. The van der Waals surface area contributed by atoms with Crippen molar-refractivity contribution >= 4 is 33.4 Å². The zero-order valence-electron chi connectivity index (χ0n) is 9.57. The zero-order chi connectivity index (χ0) is 12.0. The van der Waals surface area contributed by atoms with Crippen LogP contribution in [0.5, 0.6) is 5.75 Å². The fourth-order valence-electron chi connectivity index (χ4n) is 2.24. The third-order valence-corrected chi connectivity index (χ3v) is 3.35. The molecule has 0 unspecified atom stereocenters. The van der Waals surface area contributed by atoms with Gasteiger partial charge in [0, 0.05) is 29.5 Å². The molecule has 0 amide bonds. The van der Waals surface area contributed by atoms with E-state index in [0.717, 1.165) is 27.6 Å². The molecule has 0 atom stereocenters. The standard InChI is InChI=1S/C13H11ClN2O/c1-16-11-4-3-8(17-2)7-10(11)9-5-6-15-13(14)12(9)16/h3-7H,1-2H3. The van der Waals surface area contributed by atoms with Crippen LogP contribution >= 0.6 is 11.6 Å². The van der Waals surface area contributed by atoms with Crippen molar-refractivity contribution in [2.75, 3.05) is 7.11 Å². The quantitative estimate of drug-likeness (QED) is 0.616. The summed E-state index contributed by atoms with van der Waals surface area (Å²) in [5, 5.41) is 2.76. The van der Waals surface area contributed by atoms with Gasteiger partial charge in [-0.1, -0.05) is 11.6 Å². The average Bonchev–Trinajstić information content (AvgIpc) is 2.64. The van der Waals surface area contributed by atoms with E-state index in [2.05, 4.69) is 9.55 Å². The molecule has 0 bridgehead atoms. The van der Waals surface area contributed by atoms with Crippen LogP contribution in [-0.2, 0) is 7.05 Å². The van der Waals surface area contributed by atoms with Crippen molar-refractivity contribution in [3.8, 4) is 5.75 Å². The Morgan fingerprint density at radius 3 is 2.82 bits per heavy atom. The van der Waals surface area contributed by atoms with E-state index in [4.69, 9.17) is 16.3 Å². The minimum atomic E-state index is 0.528. The van der Waals surface area contributed by atoms with E-state index >= 15 is 0 Å². The lowest BCUT2D eigenvalue weighted by Gasteiger charge is -2.00. The molecular formula is C13H11ClN2O.